The predicted octanol–water partition coefficient (Wildman–Crippen LogP) is 16.3. The predicted molar refractivity (Wildman–Crippen MR) is 353 cm³/mol. The summed E-state index contributed by atoms with van der Waals surface area (Å²) >= 11 is 0. The third-order valence-electron chi connectivity index (χ3n) is 14.7. The van der Waals surface area contributed by atoms with Gasteiger partial charge in [0.05, 0.1) is 46.9 Å². The van der Waals surface area contributed by atoms with Crippen LogP contribution in [0.2, 0.25) is 0 Å². The summed E-state index contributed by atoms with van der Waals surface area (Å²) < 4.78 is 401. The fraction of sp³-hybridized carbons (Fsp3) is 0.165. The number of hydrogen-bond acceptors (Lipinski definition) is 2. The van der Waals surface area contributed by atoms with Crippen molar-refractivity contribution in [2.75, 3.05) is 0 Å². The Morgan fingerprint density at radius 1 is 0.605 bits per heavy atom. The second-order valence-electron chi connectivity index (χ2n) is 21.0. The minimum atomic E-state index is -6.86. The fourth-order valence-electron chi connectivity index (χ4n) is 10.7. The van der Waals surface area contributed by atoms with Crippen LogP contribution in [0.4, 0.5) is 0 Å². The summed E-state index contributed by atoms with van der Waals surface area (Å²) in [6.07, 6.45) is -5.07. The molecule has 0 N–H and O–H groups in total. The van der Waals surface area contributed by atoms with Crippen molar-refractivity contribution in [2.24, 2.45) is 0 Å². The van der Waals surface area contributed by atoms with Crippen molar-refractivity contribution in [2.45, 2.75) is 84.0 Å². The molecule has 1 aliphatic rings. The van der Waals surface area contributed by atoms with Gasteiger partial charge in [-0.1, -0.05) is 247 Å². The number of pyridine rings is 1. The number of aromatic nitrogens is 4. The number of ether oxygens (including phenoxy) is 1. The van der Waals surface area contributed by atoms with Gasteiger partial charge in [-0.25, -0.2) is 4.98 Å². The van der Waals surface area contributed by atoms with E-state index in [0.717, 1.165) is 26.4 Å². The van der Waals surface area contributed by atoms with Crippen LogP contribution in [0.1, 0.15) is 139 Å². The average molecular weight is 1350 g/mol. The first kappa shape index (κ1) is 26.5. The fourth-order valence-corrected chi connectivity index (χ4v) is 14.3. The van der Waals surface area contributed by atoms with Crippen LogP contribution >= 0.6 is 0 Å². The first-order valence-electron chi connectivity index (χ1n) is 46.8. The average Bonchev–Trinajstić information content (AvgIpc) is 1.03. The van der Waals surface area contributed by atoms with Gasteiger partial charge in [0.25, 0.3) is 6.33 Å². The van der Waals surface area contributed by atoms with Gasteiger partial charge in [0, 0.05) is 70.3 Å². The molecule has 0 fully saturated rings. The van der Waals surface area contributed by atoms with Gasteiger partial charge in [0.15, 0.2) is 8.07 Å². The zero-order chi connectivity index (χ0) is 93.5. The van der Waals surface area contributed by atoms with Gasteiger partial charge in [-0.2, -0.15) is 18.2 Å². The molecule has 0 aliphatic heterocycles. The zero-order valence-electron chi connectivity index (χ0n) is 86.4. The number of para-hydroxylation sites is 3. The van der Waals surface area contributed by atoms with E-state index in [1.165, 1.54) is 47.0 Å². The molecular weight excluding hydrogens is 1240 g/mol. The van der Waals surface area contributed by atoms with E-state index in [9.17, 15) is 43.9 Å². The van der Waals surface area contributed by atoms with Crippen LogP contribution in [0.25, 0.3) is 72.3 Å². The summed E-state index contributed by atoms with van der Waals surface area (Å²) in [7, 11) is -6.86. The Labute approximate surface area is 579 Å². The first-order chi connectivity index (χ1) is 58.1. The number of nitrogens with zero attached hydrogens (tertiary/aromatic N) is 4. The SMILES string of the molecule is [2H]c1c([2H])c([2H])c([Si](c2c([2H])c([2H])c([2H])c([2H])c2[2H])(c2c([2H])c([2H])c([2H])c([2H])c2[2H])c2c([2H])c([2H])c([2H])c(-c3cc(C([2H])([2H])[2H])cc(-c4c([2H])c([2H])c5c(c4[2H])C(C([2H])([2H])[2H])(C([2H])([2H])[2H])C([2H])([2H])C([2H])([2H])C5(C([2H])([2H])[2H])C([2H])([2H])[2H])c3-[n+]3[c-]n(-c4[c-]c(Oc5[c-]c6c(cc5)c5ccccc5n6-c5cc(C(C)(C)C)ccn5)ccc4)c4ccccc43)c2[2H])c([2H])c1[2H].[Pt]. The summed E-state index contributed by atoms with van der Waals surface area (Å²) in [5, 5.41) is -3.87. The van der Waals surface area contributed by atoms with Crippen molar-refractivity contribution in [1.82, 2.24) is 14.1 Å². The van der Waals surface area contributed by atoms with E-state index in [-0.39, 0.29) is 54.7 Å². The normalized spacial score (nSPS) is 22.6. The van der Waals surface area contributed by atoms with E-state index >= 15 is 0 Å². The quantitative estimate of drug-likeness (QED) is 0.0560. The van der Waals surface area contributed by atoms with Crippen molar-refractivity contribution >= 4 is 61.7 Å². The Hall–Kier alpha value is -8.67. The Morgan fingerprint density at radius 3 is 1.91 bits per heavy atom. The monoisotopic (exact) mass is 1350 g/mol. The molecule has 7 heteroatoms. The molecule has 0 atom stereocenters. The second kappa shape index (κ2) is 22.0. The molecule has 13 aromatic rings. The van der Waals surface area contributed by atoms with E-state index < -0.39 is 264 Å². The third-order valence-corrected chi connectivity index (χ3v) is 18.7. The molecule has 0 amide bonds. The Kier molecular flexibility index (Phi) is 6.78. The van der Waals surface area contributed by atoms with Gasteiger partial charge in [0.1, 0.15) is 5.82 Å². The van der Waals surface area contributed by atoms with E-state index in [1.807, 2.05) is 61.7 Å². The van der Waals surface area contributed by atoms with Crippen LogP contribution in [0.3, 0.4) is 0 Å². The molecule has 3 heterocycles. The van der Waals surface area contributed by atoms with Gasteiger partial charge >= 0.3 is 0 Å². The number of rotatable bonds is 11. The van der Waals surface area contributed by atoms with Crippen molar-refractivity contribution < 1.29 is 86.6 Å². The number of benzene rings is 10. The van der Waals surface area contributed by atoms with Crippen molar-refractivity contribution in [3.05, 3.63) is 283 Å². The van der Waals surface area contributed by atoms with Crippen LogP contribution in [-0.2, 0) is 37.3 Å². The third kappa shape index (κ3) is 9.77. The standard InChI is InChI=1S/C79H68N4OSi.Pt/c1-54-46-67(55-24-22-33-64(48-55)85(61-27-12-9-13-28-61,62-29-14-10-15-30-62)63-31-16-11-17-32-63)76(68(47-54)56-38-41-69-70(49-56)79(7,8)44-43-78(69,5)6)82-53-81(72-36-20-21-37-73(72)82)58-25-23-26-59(51-58)84-60-39-40-66-65-34-18-19-35-71(65)83(74(66)52-60)75-50-57(42-45-80-75)77(2,3)4;/h9-42,45-50H,43-44H2,1-8H3;/q-2;/i1D3,5D3,6D3,7D3,8D3,9D,10D,11D,12D,13D,14D,15D,16D,17D,22D,24D,27D,28D,29D,30D,31D,32D,33D,38D,41D,43D2,44D2,48D,49D;. The number of aryl methyl sites for hydroxylation is 1. The summed E-state index contributed by atoms with van der Waals surface area (Å²) in [5.74, 6) is 0.573. The largest absolute Gasteiger partial charge is 0.510 e. The summed E-state index contributed by atoms with van der Waals surface area (Å²) in [6.45, 7) is -16.2. The van der Waals surface area contributed by atoms with Crippen molar-refractivity contribution in [3.63, 3.8) is 0 Å². The zero-order valence-corrected chi connectivity index (χ0v) is 48.7. The maximum Gasteiger partial charge on any atom is 0.268 e. The van der Waals surface area contributed by atoms with Crippen LogP contribution in [0.15, 0.2) is 242 Å². The Balaban J connectivity index is 0.0000138. The maximum atomic E-state index is 11.1. The van der Waals surface area contributed by atoms with Crippen LogP contribution in [0.5, 0.6) is 11.5 Å². The Morgan fingerprint density at radius 2 is 1.23 bits per heavy atom. The molecule has 0 bridgehead atoms. The van der Waals surface area contributed by atoms with Gasteiger partial charge < -0.3 is 13.9 Å². The van der Waals surface area contributed by atoms with Gasteiger partial charge in [-0.15, -0.1) is 29.7 Å². The molecule has 5 nitrogen and oxygen atoms in total. The molecule has 14 rings (SSSR count). The topological polar surface area (TPSA) is 35.9 Å². The molecule has 0 saturated heterocycles. The van der Waals surface area contributed by atoms with Crippen LogP contribution in [0, 0.1) is 25.3 Å². The van der Waals surface area contributed by atoms with Crippen molar-refractivity contribution in [1.29, 1.82) is 0 Å². The van der Waals surface area contributed by atoms with Crippen molar-refractivity contribution in [3.8, 4) is 50.9 Å². The summed E-state index contributed by atoms with van der Waals surface area (Å²) in [6, 6.07) is 0.398. The smallest absolute Gasteiger partial charge is 0.268 e. The molecular formula is C79H68N4OPtSi-2. The molecule has 0 radical (unpaired) electrons. The summed E-state index contributed by atoms with van der Waals surface area (Å²) in [5.41, 5.74) is -19.3. The number of hydrogen-bond donors (Lipinski definition) is 0. The molecule has 0 unspecified atom stereocenters. The molecule has 426 valence electrons. The molecule has 0 saturated carbocycles. The molecule has 1 aliphatic carbocycles. The number of imidazole rings is 1. The molecule has 10 aromatic carbocycles. The van der Waals surface area contributed by atoms with E-state index in [4.69, 9.17) is 22.1 Å². The number of fused-ring (bicyclic) bond motifs is 5. The minimum Gasteiger partial charge on any atom is -0.510 e. The first-order valence-corrected chi connectivity index (χ1v) is 28.3. The van der Waals surface area contributed by atoms with E-state index in [0.29, 0.717) is 23.5 Å². The minimum absolute atomic E-state index is 0. The van der Waals surface area contributed by atoms with Crippen LogP contribution in [-0.4, -0.2) is 22.2 Å². The van der Waals surface area contributed by atoms with E-state index in [1.54, 1.807) is 18.3 Å². The maximum absolute atomic E-state index is 11.1. The van der Waals surface area contributed by atoms with Crippen LogP contribution < -0.4 is 30.1 Å². The molecule has 0 spiro atoms. The van der Waals surface area contributed by atoms with Gasteiger partial charge in [-0.3, -0.25) is 4.57 Å². The van der Waals surface area contributed by atoms with Gasteiger partial charge in [-0.05, 0) is 125 Å². The molecule has 3 aromatic heterocycles. The van der Waals surface area contributed by atoms with E-state index in [2.05, 4.69) is 18.5 Å². The second-order valence-corrected chi connectivity index (χ2v) is 24.5. The Bertz CT molecular complexity index is 6570. The van der Waals surface area contributed by atoms with Gasteiger partial charge in [0.2, 0.25) is 0 Å². The molecule has 86 heavy (non-hydrogen) atoms. The summed E-state index contributed by atoms with van der Waals surface area (Å²) in [4.78, 5) is 4.76.